The summed E-state index contributed by atoms with van der Waals surface area (Å²) in [6.07, 6.45) is 8.88. The zero-order chi connectivity index (χ0) is 27.6. The SMILES string of the molecule is CCCCc1cn(-c2c(C(C)(C)C)ccn2CC)c(=O)n1Cc1ccc(-c2ccccc2-c2nn[nH]n2)cn1. The molecule has 0 aliphatic carbocycles. The molecule has 5 rings (SSSR count). The monoisotopic (exact) mass is 524 g/mol. The number of imidazole rings is 1. The highest BCUT2D eigenvalue weighted by molar-refractivity contribution is 5.79. The average Bonchev–Trinajstić information content (AvgIpc) is 3.68. The van der Waals surface area contributed by atoms with Gasteiger partial charge in [-0.2, -0.15) is 5.21 Å². The maximum Gasteiger partial charge on any atom is 0.334 e. The molecule has 202 valence electrons. The Kier molecular flexibility index (Phi) is 7.32. The third kappa shape index (κ3) is 5.21. The van der Waals surface area contributed by atoms with Gasteiger partial charge in [-0.25, -0.2) is 4.79 Å². The lowest BCUT2D eigenvalue weighted by Crippen LogP contribution is -2.28. The third-order valence-electron chi connectivity index (χ3n) is 7.13. The average molecular weight is 525 g/mol. The van der Waals surface area contributed by atoms with Gasteiger partial charge in [0.15, 0.2) is 0 Å². The number of aromatic nitrogens is 8. The normalized spacial score (nSPS) is 11.8. The Bertz CT molecular complexity index is 1600. The number of hydrogen-bond acceptors (Lipinski definition) is 5. The van der Waals surface area contributed by atoms with Crippen LogP contribution in [0.4, 0.5) is 0 Å². The van der Waals surface area contributed by atoms with Gasteiger partial charge in [0.05, 0.1) is 12.2 Å². The van der Waals surface area contributed by atoms with Gasteiger partial charge in [0.25, 0.3) is 0 Å². The molecule has 0 amide bonds. The van der Waals surface area contributed by atoms with E-state index in [1.807, 2.05) is 57.9 Å². The summed E-state index contributed by atoms with van der Waals surface area (Å²) in [5.74, 6) is 1.49. The zero-order valence-electron chi connectivity index (χ0n) is 23.3. The number of rotatable bonds is 9. The van der Waals surface area contributed by atoms with Gasteiger partial charge < -0.3 is 4.57 Å². The number of aryl methyl sites for hydroxylation is 2. The van der Waals surface area contributed by atoms with Crippen LogP contribution in [0.3, 0.4) is 0 Å². The van der Waals surface area contributed by atoms with Crippen molar-refractivity contribution >= 4 is 0 Å². The zero-order valence-corrected chi connectivity index (χ0v) is 23.3. The lowest BCUT2D eigenvalue weighted by molar-refractivity contribution is 0.577. The smallest absolute Gasteiger partial charge is 0.334 e. The Hall–Kier alpha value is -4.27. The van der Waals surface area contributed by atoms with E-state index in [9.17, 15) is 4.79 Å². The van der Waals surface area contributed by atoms with E-state index in [-0.39, 0.29) is 11.1 Å². The molecule has 0 bridgehead atoms. The summed E-state index contributed by atoms with van der Waals surface area (Å²) < 4.78 is 5.87. The van der Waals surface area contributed by atoms with E-state index in [4.69, 9.17) is 4.98 Å². The molecule has 0 unspecified atom stereocenters. The topological polar surface area (TPSA) is 99.2 Å². The Morgan fingerprint density at radius 1 is 1.00 bits per heavy atom. The van der Waals surface area contributed by atoms with Crippen LogP contribution >= 0.6 is 0 Å². The predicted molar refractivity (Wildman–Crippen MR) is 153 cm³/mol. The second-order valence-electron chi connectivity index (χ2n) is 10.9. The summed E-state index contributed by atoms with van der Waals surface area (Å²) >= 11 is 0. The van der Waals surface area contributed by atoms with E-state index in [2.05, 4.69) is 72.1 Å². The number of H-pyrrole nitrogens is 1. The molecule has 0 saturated heterocycles. The largest absolute Gasteiger partial charge is 0.334 e. The Labute approximate surface area is 228 Å². The minimum atomic E-state index is -0.0872. The van der Waals surface area contributed by atoms with E-state index in [1.165, 1.54) is 0 Å². The summed E-state index contributed by atoms with van der Waals surface area (Å²) in [6, 6.07) is 14.1. The fraction of sp³-hybridized carbons (Fsp3) is 0.367. The van der Waals surface area contributed by atoms with E-state index in [0.717, 1.165) is 65.3 Å². The molecule has 9 heteroatoms. The molecule has 1 aromatic carbocycles. The Morgan fingerprint density at radius 3 is 2.44 bits per heavy atom. The molecule has 4 aromatic heterocycles. The lowest BCUT2D eigenvalue weighted by atomic mass is 9.88. The Morgan fingerprint density at radius 2 is 1.79 bits per heavy atom. The van der Waals surface area contributed by atoms with Crippen molar-refractivity contribution in [2.45, 2.75) is 72.4 Å². The highest BCUT2D eigenvalue weighted by Gasteiger charge is 2.25. The van der Waals surface area contributed by atoms with Gasteiger partial charge in [-0.05, 0) is 48.1 Å². The maximum atomic E-state index is 13.9. The van der Waals surface area contributed by atoms with E-state index in [1.54, 1.807) is 0 Å². The van der Waals surface area contributed by atoms with Crippen LogP contribution in [0.25, 0.3) is 28.3 Å². The van der Waals surface area contributed by atoms with Crippen LogP contribution in [-0.4, -0.2) is 39.3 Å². The van der Waals surface area contributed by atoms with E-state index in [0.29, 0.717) is 12.4 Å². The molecule has 4 heterocycles. The summed E-state index contributed by atoms with van der Waals surface area (Å²) in [5.41, 5.74) is 5.70. The predicted octanol–water partition coefficient (Wildman–Crippen LogP) is 5.39. The molecule has 39 heavy (non-hydrogen) atoms. The van der Waals surface area contributed by atoms with Crippen LogP contribution in [0.15, 0.2) is 65.8 Å². The first-order valence-electron chi connectivity index (χ1n) is 13.6. The number of pyridine rings is 1. The van der Waals surface area contributed by atoms with Gasteiger partial charge in [-0.1, -0.05) is 64.4 Å². The minimum absolute atomic E-state index is 0.0340. The van der Waals surface area contributed by atoms with Gasteiger partial charge in [-0.15, -0.1) is 10.2 Å². The van der Waals surface area contributed by atoms with Crippen molar-refractivity contribution in [2.75, 3.05) is 0 Å². The molecule has 1 N–H and O–H groups in total. The summed E-state index contributed by atoms with van der Waals surface area (Å²) in [5, 5.41) is 14.5. The van der Waals surface area contributed by atoms with Crippen LogP contribution in [-0.2, 0) is 24.9 Å². The molecular weight excluding hydrogens is 488 g/mol. The first kappa shape index (κ1) is 26.3. The van der Waals surface area contributed by atoms with Crippen LogP contribution in [0, 0.1) is 0 Å². The van der Waals surface area contributed by atoms with Gasteiger partial charge in [-0.3, -0.25) is 14.1 Å². The molecule has 0 spiro atoms. The lowest BCUT2D eigenvalue weighted by Gasteiger charge is -2.20. The number of hydrogen-bond donors (Lipinski definition) is 1. The first-order valence-corrected chi connectivity index (χ1v) is 13.6. The fourth-order valence-electron chi connectivity index (χ4n) is 5.02. The summed E-state index contributed by atoms with van der Waals surface area (Å²) in [7, 11) is 0. The molecular formula is C30H36N8O. The third-order valence-corrected chi connectivity index (χ3v) is 7.13. The number of aromatic amines is 1. The number of benzene rings is 1. The van der Waals surface area contributed by atoms with Gasteiger partial charge >= 0.3 is 5.69 Å². The second kappa shape index (κ2) is 10.8. The second-order valence-corrected chi connectivity index (χ2v) is 10.9. The molecule has 0 fully saturated rings. The van der Waals surface area contributed by atoms with Crippen molar-refractivity contribution in [1.82, 2.24) is 39.3 Å². The first-order chi connectivity index (χ1) is 18.8. The number of tetrazole rings is 1. The molecule has 0 radical (unpaired) electrons. The van der Waals surface area contributed by atoms with Crippen molar-refractivity contribution in [3.05, 3.63) is 88.5 Å². The standard InChI is InChI=1S/C30H36N8O/c1-6-8-11-23-20-38(28-26(30(3,4)5)16-17-36(28)7-2)29(39)37(23)19-22-15-14-21(18-31-22)24-12-9-10-13-25(24)27-32-34-35-33-27/h9-10,12-18,20H,6-8,11,19H2,1-5H3,(H,32,33,34,35). The van der Waals surface area contributed by atoms with Crippen molar-refractivity contribution in [1.29, 1.82) is 0 Å². The maximum absolute atomic E-state index is 13.9. The molecule has 0 saturated carbocycles. The Balaban J connectivity index is 1.52. The number of nitrogens with zero attached hydrogens (tertiary/aromatic N) is 7. The summed E-state index contributed by atoms with van der Waals surface area (Å²) in [4.78, 5) is 18.7. The molecule has 0 aliphatic rings. The van der Waals surface area contributed by atoms with Crippen molar-refractivity contribution in [3.63, 3.8) is 0 Å². The number of unbranched alkanes of at least 4 members (excludes halogenated alkanes) is 1. The van der Waals surface area contributed by atoms with Crippen LogP contribution in [0.5, 0.6) is 0 Å². The highest BCUT2D eigenvalue weighted by atomic mass is 16.1. The van der Waals surface area contributed by atoms with E-state index < -0.39 is 0 Å². The minimum Gasteiger partial charge on any atom is -0.334 e. The fourth-order valence-corrected chi connectivity index (χ4v) is 5.02. The van der Waals surface area contributed by atoms with Crippen LogP contribution in [0.2, 0.25) is 0 Å². The van der Waals surface area contributed by atoms with Gasteiger partial charge in [0, 0.05) is 47.5 Å². The quantitative estimate of drug-likeness (QED) is 0.279. The van der Waals surface area contributed by atoms with Crippen molar-refractivity contribution < 1.29 is 0 Å². The van der Waals surface area contributed by atoms with Crippen molar-refractivity contribution in [2.24, 2.45) is 0 Å². The van der Waals surface area contributed by atoms with E-state index >= 15 is 0 Å². The molecule has 0 atom stereocenters. The molecule has 5 aromatic rings. The van der Waals surface area contributed by atoms with Crippen molar-refractivity contribution in [3.8, 4) is 28.3 Å². The van der Waals surface area contributed by atoms with Crippen LogP contribution in [0.1, 0.15) is 64.4 Å². The van der Waals surface area contributed by atoms with Gasteiger partial charge in [0.2, 0.25) is 5.82 Å². The highest BCUT2D eigenvalue weighted by Crippen LogP contribution is 2.30. The summed E-state index contributed by atoms with van der Waals surface area (Å²) in [6.45, 7) is 12.1. The van der Waals surface area contributed by atoms with Crippen LogP contribution < -0.4 is 5.69 Å². The van der Waals surface area contributed by atoms with Gasteiger partial charge in [0.1, 0.15) is 5.82 Å². The number of nitrogens with one attached hydrogen (secondary N) is 1. The molecule has 0 aliphatic heterocycles. The molecule has 9 nitrogen and oxygen atoms in total.